The second-order valence-electron chi connectivity index (χ2n) is 13.8. The second kappa shape index (κ2) is 10.3. The Hall–Kier alpha value is -5.46. The van der Waals surface area contributed by atoms with E-state index in [0.29, 0.717) is 0 Å². The van der Waals surface area contributed by atoms with Gasteiger partial charge in [0.05, 0.1) is 0 Å². The van der Waals surface area contributed by atoms with Crippen LogP contribution in [0, 0.1) is 13.8 Å². The minimum absolute atomic E-state index is 0.0248. The van der Waals surface area contributed by atoms with Gasteiger partial charge in [-0.1, -0.05) is 153 Å². The van der Waals surface area contributed by atoms with E-state index < -0.39 is 0 Å². The van der Waals surface area contributed by atoms with Crippen molar-refractivity contribution in [3.8, 4) is 44.5 Å². The van der Waals surface area contributed by atoms with Gasteiger partial charge in [0.1, 0.15) is 0 Å². The molecule has 0 heterocycles. The van der Waals surface area contributed by atoms with Crippen molar-refractivity contribution >= 4 is 32.3 Å². The van der Waals surface area contributed by atoms with E-state index in [1.54, 1.807) is 0 Å². The largest absolute Gasteiger partial charge is 0.0619 e. The normalized spacial score (nSPS) is 13.3. The van der Waals surface area contributed by atoms with Crippen molar-refractivity contribution in [2.24, 2.45) is 0 Å². The molecule has 1 aliphatic rings. The van der Waals surface area contributed by atoms with Crippen molar-refractivity contribution in [1.29, 1.82) is 0 Å². The maximum atomic E-state index is 2.46. The van der Waals surface area contributed by atoms with Gasteiger partial charge in [-0.15, -0.1) is 0 Å². The summed E-state index contributed by atoms with van der Waals surface area (Å²) in [5.74, 6) is 0. The zero-order valence-electron chi connectivity index (χ0n) is 27.4. The molecule has 0 N–H and O–H groups in total. The van der Waals surface area contributed by atoms with E-state index in [-0.39, 0.29) is 5.41 Å². The molecule has 0 nitrogen and oxygen atoms in total. The molecule has 0 aliphatic heterocycles. The summed E-state index contributed by atoms with van der Waals surface area (Å²) in [5, 5.41) is 7.70. The highest BCUT2D eigenvalue weighted by atomic mass is 14.4. The number of fused-ring (bicyclic) bond motifs is 6. The van der Waals surface area contributed by atoms with Crippen LogP contribution in [0.15, 0.2) is 146 Å². The first-order valence-electron chi connectivity index (χ1n) is 16.7. The van der Waals surface area contributed by atoms with Crippen molar-refractivity contribution in [1.82, 2.24) is 0 Å². The van der Waals surface area contributed by atoms with Gasteiger partial charge >= 0.3 is 0 Å². The lowest BCUT2D eigenvalue weighted by Gasteiger charge is -2.22. The molecule has 47 heavy (non-hydrogen) atoms. The zero-order chi connectivity index (χ0) is 31.9. The van der Waals surface area contributed by atoms with Crippen molar-refractivity contribution in [2.45, 2.75) is 33.1 Å². The van der Waals surface area contributed by atoms with Gasteiger partial charge in [0, 0.05) is 5.41 Å². The summed E-state index contributed by atoms with van der Waals surface area (Å²) >= 11 is 0. The third-order valence-electron chi connectivity index (χ3n) is 10.6. The van der Waals surface area contributed by atoms with Crippen LogP contribution in [0.1, 0.15) is 36.1 Å². The molecule has 0 atom stereocenters. The quantitative estimate of drug-likeness (QED) is 0.177. The molecular formula is C47H36. The number of aryl methyl sites for hydroxylation is 2. The first kappa shape index (κ1) is 27.8. The highest BCUT2D eigenvalue weighted by Crippen LogP contribution is 2.51. The number of hydrogen-bond acceptors (Lipinski definition) is 0. The summed E-state index contributed by atoms with van der Waals surface area (Å²) in [6.07, 6.45) is 0. The van der Waals surface area contributed by atoms with Crippen LogP contribution in [0.5, 0.6) is 0 Å². The second-order valence-corrected chi connectivity index (χ2v) is 13.8. The van der Waals surface area contributed by atoms with Crippen LogP contribution < -0.4 is 0 Å². The third kappa shape index (κ3) is 4.14. The highest BCUT2D eigenvalue weighted by molar-refractivity contribution is 6.22. The summed E-state index contributed by atoms with van der Waals surface area (Å²) < 4.78 is 0. The lowest BCUT2D eigenvalue weighted by Crippen LogP contribution is -2.14. The van der Waals surface area contributed by atoms with Gasteiger partial charge in [-0.3, -0.25) is 0 Å². The number of benzene rings is 8. The molecule has 0 saturated heterocycles. The molecule has 8 aromatic carbocycles. The number of rotatable bonds is 3. The summed E-state index contributed by atoms with van der Waals surface area (Å²) in [6.45, 7) is 9.15. The van der Waals surface area contributed by atoms with Crippen LogP contribution in [0.25, 0.3) is 76.8 Å². The minimum Gasteiger partial charge on any atom is -0.0619 e. The van der Waals surface area contributed by atoms with E-state index in [2.05, 4.69) is 173 Å². The minimum atomic E-state index is -0.0248. The topological polar surface area (TPSA) is 0 Å². The Morgan fingerprint density at radius 3 is 1.85 bits per heavy atom. The fraction of sp³-hybridized carbons (Fsp3) is 0.106. The van der Waals surface area contributed by atoms with Gasteiger partial charge in [-0.25, -0.2) is 0 Å². The van der Waals surface area contributed by atoms with E-state index in [1.807, 2.05) is 0 Å². The van der Waals surface area contributed by atoms with Crippen LogP contribution in [0.2, 0.25) is 0 Å². The maximum absolute atomic E-state index is 2.46. The summed E-state index contributed by atoms with van der Waals surface area (Å²) in [5.41, 5.74) is 15.8. The first-order valence-corrected chi connectivity index (χ1v) is 16.7. The van der Waals surface area contributed by atoms with E-state index in [0.717, 1.165) is 0 Å². The Bertz CT molecular complexity index is 2560. The summed E-state index contributed by atoms with van der Waals surface area (Å²) in [4.78, 5) is 0. The average Bonchev–Trinajstić information content (AvgIpc) is 3.32. The molecule has 0 spiro atoms. The van der Waals surface area contributed by atoms with E-state index in [4.69, 9.17) is 0 Å². The lowest BCUT2D eigenvalue weighted by atomic mass is 9.81. The van der Waals surface area contributed by atoms with Gasteiger partial charge < -0.3 is 0 Å². The molecule has 0 fully saturated rings. The standard InChI is InChI=1S/C47H36/c1-29-20-23-34(30(2)26-29)46-39-17-8-7-16-38(39)45(33-22-25-44-41(28-33)37-15-9-10-19-43(37)47(44,3)4)42-27-32(21-24-40(42)46)36-18-11-13-31-12-5-6-14-35(31)36/h5-28H,1-4H3. The van der Waals surface area contributed by atoms with Gasteiger partial charge in [-0.2, -0.15) is 0 Å². The smallest absolute Gasteiger partial charge is 0.0158 e. The fourth-order valence-electron chi connectivity index (χ4n) is 8.39. The maximum Gasteiger partial charge on any atom is 0.0158 e. The summed E-state index contributed by atoms with van der Waals surface area (Å²) in [7, 11) is 0. The molecule has 0 bridgehead atoms. The molecule has 0 aromatic heterocycles. The van der Waals surface area contributed by atoms with E-state index >= 15 is 0 Å². The van der Waals surface area contributed by atoms with Gasteiger partial charge in [-0.05, 0) is 119 Å². The van der Waals surface area contributed by atoms with Crippen molar-refractivity contribution in [2.75, 3.05) is 0 Å². The molecule has 8 aromatic rings. The Morgan fingerprint density at radius 1 is 0.383 bits per heavy atom. The SMILES string of the molecule is Cc1ccc(-c2c3ccccc3c(-c3ccc4c(c3)-c3ccccc3C4(C)C)c3cc(-c4cccc5ccccc45)ccc23)c(C)c1. The molecule has 0 radical (unpaired) electrons. The average molecular weight is 601 g/mol. The Morgan fingerprint density at radius 2 is 1.02 bits per heavy atom. The Balaban J connectivity index is 1.41. The van der Waals surface area contributed by atoms with Crippen molar-refractivity contribution in [3.63, 3.8) is 0 Å². The number of hydrogen-bond donors (Lipinski definition) is 0. The van der Waals surface area contributed by atoms with Crippen LogP contribution in [-0.4, -0.2) is 0 Å². The predicted octanol–water partition coefficient (Wildman–Crippen LogP) is 13.1. The zero-order valence-corrected chi connectivity index (χ0v) is 27.4. The molecule has 0 unspecified atom stereocenters. The van der Waals surface area contributed by atoms with Crippen molar-refractivity contribution < 1.29 is 0 Å². The third-order valence-corrected chi connectivity index (χ3v) is 10.6. The predicted molar refractivity (Wildman–Crippen MR) is 202 cm³/mol. The van der Waals surface area contributed by atoms with Crippen molar-refractivity contribution in [3.05, 3.63) is 168 Å². The molecule has 0 amide bonds. The molecule has 0 saturated carbocycles. The highest BCUT2D eigenvalue weighted by Gasteiger charge is 2.35. The molecular weight excluding hydrogens is 565 g/mol. The van der Waals surface area contributed by atoms with E-state index in [1.165, 1.54) is 99.1 Å². The van der Waals surface area contributed by atoms with Crippen LogP contribution in [0.3, 0.4) is 0 Å². The van der Waals surface area contributed by atoms with Crippen LogP contribution in [0.4, 0.5) is 0 Å². The van der Waals surface area contributed by atoms with Gasteiger partial charge in [0.25, 0.3) is 0 Å². The first-order chi connectivity index (χ1) is 22.9. The van der Waals surface area contributed by atoms with E-state index in [9.17, 15) is 0 Å². The van der Waals surface area contributed by atoms with Crippen LogP contribution in [-0.2, 0) is 5.41 Å². The molecule has 224 valence electrons. The fourth-order valence-corrected chi connectivity index (χ4v) is 8.39. The molecule has 9 rings (SSSR count). The van der Waals surface area contributed by atoms with Crippen LogP contribution >= 0.6 is 0 Å². The Labute approximate surface area is 277 Å². The van der Waals surface area contributed by atoms with Gasteiger partial charge in [0.15, 0.2) is 0 Å². The summed E-state index contributed by atoms with van der Waals surface area (Å²) in [6, 6.07) is 54.6. The Kier molecular flexibility index (Phi) is 6.08. The molecule has 0 heteroatoms. The van der Waals surface area contributed by atoms with Gasteiger partial charge in [0.2, 0.25) is 0 Å². The monoisotopic (exact) mass is 600 g/mol. The lowest BCUT2D eigenvalue weighted by molar-refractivity contribution is 0.660. The molecule has 1 aliphatic carbocycles.